The largest absolute Gasteiger partial charge is 0.308 e. The van der Waals surface area contributed by atoms with Crippen molar-refractivity contribution in [3.63, 3.8) is 0 Å². The highest BCUT2D eigenvalue weighted by Crippen LogP contribution is 2.34. The number of hydrogen-bond acceptors (Lipinski definition) is 1. The first-order chi connectivity index (χ1) is 3.91. The Kier molecular flexibility index (Phi) is 0.884. The third-order valence-electron chi connectivity index (χ3n) is 2.28. The van der Waals surface area contributed by atoms with E-state index in [-0.39, 0.29) is 0 Å². The van der Waals surface area contributed by atoms with E-state index < -0.39 is 0 Å². The average molecular weight is 110 g/mol. The molecular formula is C7H12N. The van der Waals surface area contributed by atoms with Gasteiger partial charge in [0.05, 0.1) is 0 Å². The Morgan fingerprint density at radius 1 is 1.50 bits per heavy atom. The fourth-order valence-corrected chi connectivity index (χ4v) is 1.51. The minimum Gasteiger partial charge on any atom is -0.308 e. The summed E-state index contributed by atoms with van der Waals surface area (Å²) in [6.45, 7) is 1.28. The first kappa shape index (κ1) is 4.80. The molecule has 1 nitrogen and oxygen atoms in total. The van der Waals surface area contributed by atoms with Gasteiger partial charge < -0.3 is 5.32 Å². The summed E-state index contributed by atoms with van der Waals surface area (Å²) in [4.78, 5) is 0. The van der Waals surface area contributed by atoms with Crippen LogP contribution in [0.25, 0.3) is 0 Å². The molecule has 1 spiro atoms. The summed E-state index contributed by atoms with van der Waals surface area (Å²) < 4.78 is 0. The summed E-state index contributed by atoms with van der Waals surface area (Å²) in [6.07, 6.45) is 7.93. The lowest BCUT2D eigenvalue weighted by Crippen LogP contribution is -2.18. The van der Waals surface area contributed by atoms with Crippen LogP contribution in [-0.2, 0) is 0 Å². The molecule has 1 N–H and O–H groups in total. The summed E-state index contributed by atoms with van der Waals surface area (Å²) in [6, 6.07) is 0. The van der Waals surface area contributed by atoms with Crippen molar-refractivity contribution in [1.29, 1.82) is 0 Å². The molecule has 45 valence electrons. The van der Waals surface area contributed by atoms with Crippen molar-refractivity contribution < 1.29 is 0 Å². The molecule has 1 saturated carbocycles. The molecule has 1 heteroatoms. The lowest BCUT2D eigenvalue weighted by atomic mass is 9.89. The zero-order valence-electron chi connectivity index (χ0n) is 5.11. The quantitative estimate of drug-likeness (QED) is 0.463. The summed E-state index contributed by atoms with van der Waals surface area (Å²) >= 11 is 0. The van der Waals surface area contributed by atoms with Crippen LogP contribution in [0.1, 0.15) is 25.7 Å². The molecule has 8 heavy (non-hydrogen) atoms. The summed E-state index contributed by atoms with van der Waals surface area (Å²) in [5, 5.41) is 3.42. The predicted molar refractivity (Wildman–Crippen MR) is 33.5 cm³/mol. The van der Waals surface area contributed by atoms with Gasteiger partial charge in [-0.3, -0.25) is 0 Å². The van der Waals surface area contributed by atoms with E-state index in [1.807, 2.05) is 0 Å². The normalized spacial score (nSPS) is 33.0. The summed E-state index contributed by atoms with van der Waals surface area (Å²) in [5.41, 5.74) is 0.623. The highest BCUT2D eigenvalue weighted by molar-refractivity contribution is 5.08. The van der Waals surface area contributed by atoms with Crippen molar-refractivity contribution in [2.45, 2.75) is 31.2 Å². The maximum absolute atomic E-state index is 3.42. The molecular weight excluding hydrogens is 98.1 g/mol. The molecule has 1 aliphatic carbocycles. The topological polar surface area (TPSA) is 21.9 Å². The van der Waals surface area contributed by atoms with Gasteiger partial charge in [-0.2, -0.15) is 0 Å². The average Bonchev–Trinajstić information content (AvgIpc) is 2.52. The third-order valence-corrected chi connectivity index (χ3v) is 2.28. The Labute approximate surface area is 50.5 Å². The SMILES string of the molecule is [CH]1CCCC2(C1)CN2. The Hall–Kier alpha value is -0.0400. The fourth-order valence-electron chi connectivity index (χ4n) is 1.51. The van der Waals surface area contributed by atoms with Crippen LogP contribution in [0.2, 0.25) is 0 Å². The molecule has 1 radical (unpaired) electrons. The van der Waals surface area contributed by atoms with E-state index in [1.165, 1.54) is 32.2 Å². The zero-order chi connectivity index (χ0) is 5.45. The number of hydrogen-bond donors (Lipinski definition) is 1. The molecule has 1 unspecified atom stereocenters. The van der Waals surface area contributed by atoms with Gasteiger partial charge >= 0.3 is 0 Å². The van der Waals surface area contributed by atoms with Crippen molar-refractivity contribution >= 4 is 0 Å². The second-order valence-corrected chi connectivity index (χ2v) is 3.02. The lowest BCUT2D eigenvalue weighted by Gasteiger charge is -2.17. The maximum atomic E-state index is 3.42. The van der Waals surface area contributed by atoms with Gasteiger partial charge in [0.1, 0.15) is 0 Å². The maximum Gasteiger partial charge on any atom is 0.0309 e. The summed E-state index contributed by atoms with van der Waals surface area (Å²) in [5.74, 6) is 0. The minimum atomic E-state index is 0.623. The lowest BCUT2D eigenvalue weighted by molar-refractivity contribution is 0.478. The van der Waals surface area contributed by atoms with Crippen LogP contribution in [0.4, 0.5) is 0 Å². The molecule has 0 aromatic heterocycles. The molecule has 1 heterocycles. The van der Waals surface area contributed by atoms with Crippen LogP contribution in [-0.4, -0.2) is 12.1 Å². The van der Waals surface area contributed by atoms with Gasteiger partial charge in [0.15, 0.2) is 0 Å². The Morgan fingerprint density at radius 3 is 2.75 bits per heavy atom. The first-order valence-electron chi connectivity index (χ1n) is 3.48. The number of nitrogens with one attached hydrogen (secondary N) is 1. The molecule has 1 atom stereocenters. The van der Waals surface area contributed by atoms with Gasteiger partial charge in [-0.1, -0.05) is 12.8 Å². The molecule has 0 amide bonds. The second kappa shape index (κ2) is 1.47. The van der Waals surface area contributed by atoms with E-state index in [2.05, 4.69) is 11.7 Å². The van der Waals surface area contributed by atoms with Crippen LogP contribution in [0.15, 0.2) is 0 Å². The van der Waals surface area contributed by atoms with Crippen LogP contribution < -0.4 is 5.32 Å². The summed E-state index contributed by atoms with van der Waals surface area (Å²) in [7, 11) is 0. The predicted octanol–water partition coefficient (Wildman–Crippen LogP) is 1.11. The van der Waals surface area contributed by atoms with Gasteiger partial charge in [-0.05, 0) is 19.3 Å². The highest BCUT2D eigenvalue weighted by Gasteiger charge is 2.41. The molecule has 0 bridgehead atoms. The Morgan fingerprint density at radius 2 is 2.38 bits per heavy atom. The fraction of sp³-hybridized carbons (Fsp3) is 0.857. The van der Waals surface area contributed by atoms with E-state index in [4.69, 9.17) is 0 Å². The molecule has 2 fully saturated rings. The highest BCUT2D eigenvalue weighted by atomic mass is 15.2. The standard InChI is InChI=1S/C7H12N/c1-2-4-7(5-3-1)6-8-7/h2,8H,1,3-6H2. The van der Waals surface area contributed by atoms with Gasteiger partial charge in [0, 0.05) is 12.1 Å². The zero-order valence-corrected chi connectivity index (χ0v) is 5.11. The van der Waals surface area contributed by atoms with Gasteiger partial charge in [-0.25, -0.2) is 0 Å². The van der Waals surface area contributed by atoms with E-state index in [9.17, 15) is 0 Å². The van der Waals surface area contributed by atoms with Crippen molar-refractivity contribution in [2.24, 2.45) is 0 Å². The molecule has 2 aliphatic rings. The monoisotopic (exact) mass is 110 g/mol. The Bertz CT molecular complexity index is 86.6. The van der Waals surface area contributed by atoms with Gasteiger partial charge in [-0.15, -0.1) is 0 Å². The van der Waals surface area contributed by atoms with Crippen molar-refractivity contribution in [3.05, 3.63) is 6.42 Å². The molecule has 1 saturated heterocycles. The molecule has 0 aromatic carbocycles. The molecule has 0 aromatic rings. The van der Waals surface area contributed by atoms with Crippen LogP contribution in [0, 0.1) is 6.42 Å². The van der Waals surface area contributed by atoms with Crippen LogP contribution in [0.3, 0.4) is 0 Å². The van der Waals surface area contributed by atoms with E-state index in [1.54, 1.807) is 0 Å². The van der Waals surface area contributed by atoms with Crippen molar-refractivity contribution in [1.82, 2.24) is 5.32 Å². The van der Waals surface area contributed by atoms with Crippen LogP contribution in [0.5, 0.6) is 0 Å². The van der Waals surface area contributed by atoms with Gasteiger partial charge in [0.2, 0.25) is 0 Å². The van der Waals surface area contributed by atoms with Crippen molar-refractivity contribution in [3.8, 4) is 0 Å². The van der Waals surface area contributed by atoms with E-state index in [0.717, 1.165) is 0 Å². The van der Waals surface area contributed by atoms with E-state index in [0.29, 0.717) is 5.54 Å². The minimum absolute atomic E-state index is 0.623. The van der Waals surface area contributed by atoms with Gasteiger partial charge in [0.25, 0.3) is 0 Å². The van der Waals surface area contributed by atoms with Crippen molar-refractivity contribution in [2.75, 3.05) is 6.54 Å². The molecule has 1 aliphatic heterocycles. The number of rotatable bonds is 0. The first-order valence-corrected chi connectivity index (χ1v) is 3.48. The third kappa shape index (κ3) is 0.655. The molecule has 2 rings (SSSR count). The Balaban J connectivity index is 1.95. The second-order valence-electron chi connectivity index (χ2n) is 3.02. The van der Waals surface area contributed by atoms with E-state index >= 15 is 0 Å². The smallest absolute Gasteiger partial charge is 0.0309 e. The van der Waals surface area contributed by atoms with Crippen LogP contribution >= 0.6 is 0 Å².